The molecule has 0 atom stereocenters. The Hall–Kier alpha value is -1.73. The van der Waals surface area contributed by atoms with Crippen molar-refractivity contribution in [3.63, 3.8) is 0 Å². The van der Waals surface area contributed by atoms with Crippen LogP contribution < -0.4 is 0 Å². The first-order valence-corrected chi connectivity index (χ1v) is 5.36. The predicted octanol–water partition coefficient (Wildman–Crippen LogP) is 3.49. The molecule has 0 heterocycles. The average Bonchev–Trinajstić information content (AvgIpc) is 2.29. The molecular formula is C14H15N. The lowest BCUT2D eigenvalue weighted by molar-refractivity contribution is 0.737. The van der Waals surface area contributed by atoms with Gasteiger partial charge < -0.3 is 0 Å². The average molecular weight is 197 g/mol. The fourth-order valence-corrected chi connectivity index (χ4v) is 1.31. The van der Waals surface area contributed by atoms with E-state index in [1.807, 2.05) is 18.2 Å². The monoisotopic (exact) mass is 197 g/mol. The first-order valence-electron chi connectivity index (χ1n) is 5.36. The second-order valence-electron chi connectivity index (χ2n) is 3.42. The Labute approximate surface area is 91.7 Å². The van der Waals surface area contributed by atoms with Gasteiger partial charge in [-0.05, 0) is 18.6 Å². The smallest absolute Gasteiger partial charge is 0.100 e. The summed E-state index contributed by atoms with van der Waals surface area (Å²) >= 11 is 0. The molecule has 0 fully saturated rings. The standard InChI is InChI=1S/C14H15N/c1-2-3-4-5-6-9-13-10-7-8-11-14(13)12-15/h7-8,10-11H,2-5H2,1H3. The summed E-state index contributed by atoms with van der Waals surface area (Å²) in [6, 6.07) is 9.62. The lowest BCUT2D eigenvalue weighted by Crippen LogP contribution is -1.81. The Bertz CT molecular complexity index is 401. The number of nitrogens with zero attached hydrogens (tertiary/aromatic N) is 1. The van der Waals surface area contributed by atoms with Gasteiger partial charge in [0.1, 0.15) is 6.07 Å². The van der Waals surface area contributed by atoms with Crippen LogP contribution in [0.5, 0.6) is 0 Å². The van der Waals surface area contributed by atoms with Gasteiger partial charge in [0.25, 0.3) is 0 Å². The fourth-order valence-electron chi connectivity index (χ4n) is 1.31. The van der Waals surface area contributed by atoms with E-state index in [2.05, 4.69) is 24.8 Å². The van der Waals surface area contributed by atoms with Crippen LogP contribution in [0.2, 0.25) is 0 Å². The van der Waals surface area contributed by atoms with Gasteiger partial charge in [0.2, 0.25) is 0 Å². The minimum absolute atomic E-state index is 0.667. The summed E-state index contributed by atoms with van der Waals surface area (Å²) in [5, 5.41) is 8.84. The van der Waals surface area contributed by atoms with E-state index in [4.69, 9.17) is 5.26 Å². The second-order valence-corrected chi connectivity index (χ2v) is 3.42. The molecule has 0 aromatic heterocycles. The van der Waals surface area contributed by atoms with E-state index in [1.54, 1.807) is 6.07 Å². The van der Waals surface area contributed by atoms with Crippen molar-refractivity contribution in [2.24, 2.45) is 0 Å². The van der Waals surface area contributed by atoms with Gasteiger partial charge in [0.05, 0.1) is 5.56 Å². The van der Waals surface area contributed by atoms with Crippen molar-refractivity contribution in [1.82, 2.24) is 0 Å². The molecule has 0 N–H and O–H groups in total. The van der Waals surface area contributed by atoms with Crippen molar-refractivity contribution >= 4 is 0 Å². The number of nitriles is 1. The molecule has 1 rings (SSSR count). The molecule has 0 bridgehead atoms. The molecule has 1 nitrogen and oxygen atoms in total. The molecule has 0 aliphatic rings. The van der Waals surface area contributed by atoms with Gasteiger partial charge in [-0.25, -0.2) is 0 Å². The Morgan fingerprint density at radius 1 is 1.13 bits per heavy atom. The summed E-state index contributed by atoms with van der Waals surface area (Å²) in [5.74, 6) is 6.16. The van der Waals surface area contributed by atoms with Crippen molar-refractivity contribution in [1.29, 1.82) is 5.26 Å². The van der Waals surface area contributed by atoms with E-state index in [0.29, 0.717) is 5.56 Å². The van der Waals surface area contributed by atoms with Crippen LogP contribution in [0, 0.1) is 23.2 Å². The molecule has 0 radical (unpaired) electrons. The highest BCUT2D eigenvalue weighted by Crippen LogP contribution is 2.05. The van der Waals surface area contributed by atoms with Crippen LogP contribution in [-0.2, 0) is 0 Å². The minimum atomic E-state index is 0.667. The Morgan fingerprint density at radius 3 is 2.53 bits per heavy atom. The summed E-state index contributed by atoms with van der Waals surface area (Å²) < 4.78 is 0. The highest BCUT2D eigenvalue weighted by atomic mass is 14.2. The van der Waals surface area contributed by atoms with E-state index < -0.39 is 0 Å². The highest BCUT2D eigenvalue weighted by molar-refractivity contribution is 5.47. The summed E-state index contributed by atoms with van der Waals surface area (Å²) in [7, 11) is 0. The first kappa shape index (κ1) is 11.3. The molecule has 0 spiro atoms. The van der Waals surface area contributed by atoms with Crippen LogP contribution in [0.1, 0.15) is 43.7 Å². The lowest BCUT2D eigenvalue weighted by atomic mass is 10.1. The maximum Gasteiger partial charge on any atom is 0.100 e. The van der Waals surface area contributed by atoms with Gasteiger partial charge >= 0.3 is 0 Å². The number of hydrogen-bond acceptors (Lipinski definition) is 1. The van der Waals surface area contributed by atoms with Crippen LogP contribution in [0.25, 0.3) is 0 Å². The summed E-state index contributed by atoms with van der Waals surface area (Å²) in [4.78, 5) is 0. The SMILES string of the molecule is CCCCCC#Cc1ccccc1C#N. The van der Waals surface area contributed by atoms with Gasteiger partial charge in [-0.3, -0.25) is 0 Å². The molecule has 0 aliphatic carbocycles. The Balaban J connectivity index is 2.60. The van der Waals surface area contributed by atoms with Gasteiger partial charge in [-0.1, -0.05) is 43.7 Å². The lowest BCUT2D eigenvalue weighted by Gasteiger charge is -1.93. The van der Waals surface area contributed by atoms with Crippen molar-refractivity contribution in [2.45, 2.75) is 32.6 Å². The zero-order valence-electron chi connectivity index (χ0n) is 9.09. The van der Waals surface area contributed by atoms with E-state index in [1.165, 1.54) is 12.8 Å². The van der Waals surface area contributed by atoms with Crippen LogP contribution in [0.4, 0.5) is 0 Å². The summed E-state index contributed by atoms with van der Waals surface area (Å²) in [6.07, 6.45) is 4.52. The van der Waals surface area contributed by atoms with E-state index >= 15 is 0 Å². The summed E-state index contributed by atoms with van der Waals surface area (Å²) in [5.41, 5.74) is 1.51. The Kier molecular flexibility index (Phi) is 5.06. The van der Waals surface area contributed by atoms with Crippen LogP contribution in [0.3, 0.4) is 0 Å². The topological polar surface area (TPSA) is 23.8 Å². The second kappa shape index (κ2) is 6.68. The summed E-state index contributed by atoms with van der Waals surface area (Å²) in [6.45, 7) is 2.18. The fraction of sp³-hybridized carbons (Fsp3) is 0.357. The van der Waals surface area contributed by atoms with Gasteiger partial charge in [0, 0.05) is 12.0 Å². The number of benzene rings is 1. The van der Waals surface area contributed by atoms with E-state index in [0.717, 1.165) is 18.4 Å². The maximum absolute atomic E-state index is 8.84. The third-order valence-corrected chi connectivity index (χ3v) is 2.18. The Morgan fingerprint density at radius 2 is 1.87 bits per heavy atom. The molecule has 0 saturated heterocycles. The number of rotatable bonds is 3. The molecule has 76 valence electrons. The molecule has 1 aromatic rings. The number of hydrogen-bond donors (Lipinski definition) is 0. The maximum atomic E-state index is 8.84. The van der Waals surface area contributed by atoms with Gasteiger partial charge in [-0.2, -0.15) is 5.26 Å². The molecule has 15 heavy (non-hydrogen) atoms. The van der Waals surface area contributed by atoms with Crippen molar-refractivity contribution < 1.29 is 0 Å². The molecule has 0 unspecified atom stereocenters. The molecule has 0 amide bonds. The molecule has 1 heteroatoms. The van der Waals surface area contributed by atoms with Crippen LogP contribution in [0.15, 0.2) is 24.3 Å². The third-order valence-electron chi connectivity index (χ3n) is 2.18. The minimum Gasteiger partial charge on any atom is -0.192 e. The zero-order valence-corrected chi connectivity index (χ0v) is 9.09. The number of unbranched alkanes of at least 4 members (excludes halogenated alkanes) is 3. The molecule has 0 saturated carbocycles. The van der Waals surface area contributed by atoms with Crippen LogP contribution >= 0.6 is 0 Å². The van der Waals surface area contributed by atoms with E-state index in [9.17, 15) is 0 Å². The van der Waals surface area contributed by atoms with Crippen LogP contribution in [-0.4, -0.2) is 0 Å². The molecule has 0 aliphatic heterocycles. The molecule has 1 aromatic carbocycles. The quantitative estimate of drug-likeness (QED) is 0.537. The normalized spacial score (nSPS) is 8.80. The third kappa shape index (κ3) is 3.88. The predicted molar refractivity (Wildman–Crippen MR) is 62.2 cm³/mol. The van der Waals surface area contributed by atoms with Crippen molar-refractivity contribution in [3.8, 4) is 17.9 Å². The van der Waals surface area contributed by atoms with E-state index in [-0.39, 0.29) is 0 Å². The first-order chi connectivity index (χ1) is 7.38. The highest BCUT2D eigenvalue weighted by Gasteiger charge is 1.94. The molecular weight excluding hydrogens is 182 g/mol. The van der Waals surface area contributed by atoms with Gasteiger partial charge in [0.15, 0.2) is 0 Å². The largest absolute Gasteiger partial charge is 0.192 e. The zero-order chi connectivity index (χ0) is 10.9. The van der Waals surface area contributed by atoms with Crippen molar-refractivity contribution in [2.75, 3.05) is 0 Å². The van der Waals surface area contributed by atoms with Crippen molar-refractivity contribution in [3.05, 3.63) is 35.4 Å². The van der Waals surface area contributed by atoms with Gasteiger partial charge in [-0.15, -0.1) is 0 Å².